The summed E-state index contributed by atoms with van der Waals surface area (Å²) >= 11 is 3.59. The van der Waals surface area contributed by atoms with Crippen molar-refractivity contribution in [1.82, 2.24) is 9.55 Å². The van der Waals surface area contributed by atoms with Crippen LogP contribution in [0.5, 0.6) is 0 Å². The lowest BCUT2D eigenvalue weighted by atomic mass is 9.99. The van der Waals surface area contributed by atoms with Gasteiger partial charge in [0.15, 0.2) is 4.73 Å². The van der Waals surface area contributed by atoms with Gasteiger partial charge in [-0.25, -0.2) is 4.98 Å². The fourth-order valence-corrected chi connectivity index (χ4v) is 3.36. The van der Waals surface area contributed by atoms with E-state index >= 15 is 0 Å². The Kier molecular flexibility index (Phi) is 3.02. The number of rotatable bonds is 1. The van der Waals surface area contributed by atoms with Gasteiger partial charge in [-0.3, -0.25) is 0 Å². The lowest BCUT2D eigenvalue weighted by Crippen LogP contribution is -2.10. The quantitative estimate of drug-likeness (QED) is 0.769. The topological polar surface area (TPSA) is 17.8 Å². The zero-order valence-corrected chi connectivity index (χ0v) is 12.4. The van der Waals surface area contributed by atoms with Crippen LogP contribution in [0.15, 0.2) is 22.9 Å². The number of nitrogens with zero attached hydrogens (tertiary/aromatic N) is 2. The monoisotopic (exact) mass is 304 g/mol. The normalized spacial score (nSPS) is 14.6. The number of fused-ring (bicyclic) bond motifs is 1. The molecule has 0 radical (unpaired) electrons. The highest BCUT2D eigenvalue weighted by molar-refractivity contribution is 9.10. The Morgan fingerprint density at radius 3 is 2.83 bits per heavy atom. The molecule has 1 aliphatic heterocycles. The van der Waals surface area contributed by atoms with Gasteiger partial charge in [-0.2, -0.15) is 0 Å². The maximum absolute atomic E-state index is 4.73. The minimum Gasteiger partial charge on any atom is -0.322 e. The van der Waals surface area contributed by atoms with Crippen LogP contribution < -0.4 is 0 Å². The molecular weight excluding hydrogens is 288 g/mol. The second-order valence-corrected chi connectivity index (χ2v) is 5.81. The maximum Gasteiger partial charge on any atom is 0.177 e. The van der Waals surface area contributed by atoms with Crippen LogP contribution >= 0.6 is 15.9 Å². The summed E-state index contributed by atoms with van der Waals surface area (Å²) in [5.74, 6) is 0. The average molecular weight is 305 g/mol. The summed E-state index contributed by atoms with van der Waals surface area (Å²) in [7, 11) is 0. The van der Waals surface area contributed by atoms with Crippen molar-refractivity contribution in [2.45, 2.75) is 39.7 Å². The molecule has 1 aromatic heterocycles. The van der Waals surface area contributed by atoms with Crippen LogP contribution in [-0.4, -0.2) is 9.55 Å². The van der Waals surface area contributed by atoms with Crippen LogP contribution in [0.1, 0.15) is 29.7 Å². The fourth-order valence-electron chi connectivity index (χ4n) is 2.79. The van der Waals surface area contributed by atoms with Gasteiger partial charge < -0.3 is 4.57 Å². The van der Waals surface area contributed by atoms with Gasteiger partial charge >= 0.3 is 0 Å². The maximum atomic E-state index is 4.73. The zero-order valence-electron chi connectivity index (χ0n) is 10.8. The van der Waals surface area contributed by atoms with E-state index in [0.29, 0.717) is 0 Å². The Bertz CT molecular complexity index is 599. The smallest absolute Gasteiger partial charge is 0.177 e. The van der Waals surface area contributed by atoms with E-state index in [0.717, 1.165) is 17.7 Å². The lowest BCUT2D eigenvalue weighted by Gasteiger charge is -2.16. The van der Waals surface area contributed by atoms with E-state index in [2.05, 4.69) is 52.5 Å². The Balaban J connectivity index is 2.17. The van der Waals surface area contributed by atoms with Gasteiger partial charge in [0.25, 0.3) is 0 Å². The summed E-state index contributed by atoms with van der Waals surface area (Å²) in [6, 6.07) is 6.61. The number of hydrogen-bond donors (Lipinski definition) is 0. The summed E-state index contributed by atoms with van der Waals surface area (Å²) in [5, 5.41) is 0. The number of hydrogen-bond acceptors (Lipinski definition) is 1. The molecule has 0 unspecified atom stereocenters. The molecule has 0 saturated carbocycles. The first kappa shape index (κ1) is 12.0. The molecule has 0 bridgehead atoms. The second-order valence-electron chi connectivity index (χ2n) is 5.10. The third-order valence-corrected chi connectivity index (χ3v) is 4.31. The first-order valence-electron chi connectivity index (χ1n) is 6.49. The molecule has 1 aromatic carbocycles. The molecule has 0 amide bonds. The van der Waals surface area contributed by atoms with E-state index in [1.54, 1.807) is 0 Å². The van der Waals surface area contributed by atoms with Crippen molar-refractivity contribution in [3.05, 3.63) is 39.8 Å². The predicted molar refractivity (Wildman–Crippen MR) is 77.8 cm³/mol. The van der Waals surface area contributed by atoms with E-state index in [9.17, 15) is 0 Å². The SMILES string of the molecule is Cc1ccc(-c2nc(Br)n3c2CCCC3)c(C)c1. The van der Waals surface area contributed by atoms with Crippen molar-refractivity contribution in [3.8, 4) is 11.3 Å². The Hall–Kier alpha value is -1.09. The molecule has 0 N–H and O–H groups in total. The van der Waals surface area contributed by atoms with Crippen LogP contribution in [0, 0.1) is 13.8 Å². The lowest BCUT2D eigenvalue weighted by molar-refractivity contribution is 0.525. The van der Waals surface area contributed by atoms with Gasteiger partial charge in [-0.1, -0.05) is 23.8 Å². The second kappa shape index (κ2) is 4.54. The number of benzene rings is 1. The predicted octanol–water partition coefficient (Wildman–Crippen LogP) is 4.27. The van der Waals surface area contributed by atoms with Crippen LogP contribution in [0.3, 0.4) is 0 Å². The number of imidazole rings is 1. The van der Waals surface area contributed by atoms with Crippen LogP contribution in [0.4, 0.5) is 0 Å². The summed E-state index contributed by atoms with van der Waals surface area (Å²) in [5.41, 5.74) is 6.45. The van der Waals surface area contributed by atoms with Gasteiger partial charge in [0.1, 0.15) is 0 Å². The van der Waals surface area contributed by atoms with Gasteiger partial charge in [0, 0.05) is 17.8 Å². The minimum atomic E-state index is 0.979. The third kappa shape index (κ3) is 1.91. The number of halogens is 1. The Morgan fingerprint density at radius 1 is 1.22 bits per heavy atom. The molecular formula is C15H17BrN2. The summed E-state index contributed by atoms with van der Waals surface area (Å²) in [6.07, 6.45) is 3.67. The van der Waals surface area contributed by atoms with Crippen LogP contribution in [-0.2, 0) is 13.0 Å². The minimum absolute atomic E-state index is 0.979. The highest BCUT2D eigenvalue weighted by Crippen LogP contribution is 2.32. The van der Waals surface area contributed by atoms with Crippen LogP contribution in [0.2, 0.25) is 0 Å². The summed E-state index contributed by atoms with van der Waals surface area (Å²) in [4.78, 5) is 4.73. The number of aromatic nitrogens is 2. The van der Waals surface area contributed by atoms with E-state index in [-0.39, 0.29) is 0 Å². The molecule has 2 aromatic rings. The molecule has 0 atom stereocenters. The molecule has 94 valence electrons. The summed E-state index contributed by atoms with van der Waals surface area (Å²) in [6.45, 7) is 5.40. The van der Waals surface area contributed by atoms with Gasteiger partial charge in [-0.05, 0) is 54.6 Å². The Morgan fingerprint density at radius 2 is 2.06 bits per heavy atom. The third-order valence-electron chi connectivity index (χ3n) is 3.71. The highest BCUT2D eigenvalue weighted by Gasteiger charge is 2.20. The molecule has 18 heavy (non-hydrogen) atoms. The molecule has 0 spiro atoms. The van der Waals surface area contributed by atoms with Crippen molar-refractivity contribution < 1.29 is 0 Å². The van der Waals surface area contributed by atoms with Crippen molar-refractivity contribution >= 4 is 15.9 Å². The van der Waals surface area contributed by atoms with E-state index < -0.39 is 0 Å². The molecule has 2 heterocycles. The Labute approximate surface area is 116 Å². The molecule has 0 aliphatic carbocycles. The fraction of sp³-hybridized carbons (Fsp3) is 0.400. The van der Waals surface area contributed by atoms with Crippen molar-refractivity contribution in [2.24, 2.45) is 0 Å². The zero-order chi connectivity index (χ0) is 12.7. The van der Waals surface area contributed by atoms with Crippen molar-refractivity contribution in [3.63, 3.8) is 0 Å². The first-order chi connectivity index (χ1) is 8.66. The molecule has 3 heteroatoms. The van der Waals surface area contributed by atoms with Gasteiger partial charge in [0.2, 0.25) is 0 Å². The van der Waals surface area contributed by atoms with Crippen molar-refractivity contribution in [1.29, 1.82) is 0 Å². The first-order valence-corrected chi connectivity index (χ1v) is 7.28. The van der Waals surface area contributed by atoms with Gasteiger partial charge in [0.05, 0.1) is 5.69 Å². The molecule has 1 aliphatic rings. The molecule has 0 fully saturated rings. The highest BCUT2D eigenvalue weighted by atomic mass is 79.9. The van der Waals surface area contributed by atoms with E-state index in [4.69, 9.17) is 4.98 Å². The van der Waals surface area contributed by atoms with Gasteiger partial charge in [-0.15, -0.1) is 0 Å². The standard InChI is InChI=1S/C15H17BrN2/c1-10-6-7-12(11(2)9-10)14-13-5-3-4-8-18(13)15(16)17-14/h6-7,9H,3-5,8H2,1-2H3. The van der Waals surface area contributed by atoms with E-state index in [1.807, 2.05) is 0 Å². The molecule has 3 rings (SSSR count). The van der Waals surface area contributed by atoms with Crippen LogP contribution in [0.25, 0.3) is 11.3 Å². The van der Waals surface area contributed by atoms with E-state index in [1.165, 1.54) is 40.9 Å². The molecule has 0 saturated heterocycles. The largest absolute Gasteiger partial charge is 0.322 e. The average Bonchev–Trinajstić information content (AvgIpc) is 2.68. The molecule has 2 nitrogen and oxygen atoms in total. The van der Waals surface area contributed by atoms with Crippen molar-refractivity contribution in [2.75, 3.05) is 0 Å². The number of aryl methyl sites for hydroxylation is 2. The summed E-state index contributed by atoms with van der Waals surface area (Å²) < 4.78 is 3.30.